The summed E-state index contributed by atoms with van der Waals surface area (Å²) in [6, 6.07) is 17.3. The standard InChI is InChI=1S/C18H17N/c1-12-10-11-15-17-14(12)8-5-9-16(17)19-18(15)13-6-3-2-4-7-13/h2-9,12,19H,10-11H2,1H3. The molecular formula is C18H17N. The fourth-order valence-corrected chi connectivity index (χ4v) is 3.37. The van der Waals surface area contributed by atoms with Crippen LogP contribution in [0.4, 0.5) is 0 Å². The van der Waals surface area contributed by atoms with Gasteiger partial charge in [-0.2, -0.15) is 0 Å². The zero-order valence-corrected chi connectivity index (χ0v) is 11.1. The van der Waals surface area contributed by atoms with Gasteiger partial charge in [-0.3, -0.25) is 0 Å². The molecule has 1 aliphatic carbocycles. The molecule has 1 N–H and O–H groups in total. The molecule has 2 aromatic carbocycles. The molecule has 0 saturated carbocycles. The first-order valence-corrected chi connectivity index (χ1v) is 7.03. The lowest BCUT2D eigenvalue weighted by atomic mass is 9.84. The average molecular weight is 247 g/mol. The van der Waals surface area contributed by atoms with Crippen LogP contribution in [0, 0.1) is 0 Å². The number of benzene rings is 2. The van der Waals surface area contributed by atoms with Crippen LogP contribution in [-0.4, -0.2) is 4.98 Å². The number of aromatic nitrogens is 1. The van der Waals surface area contributed by atoms with Crippen LogP contribution < -0.4 is 0 Å². The SMILES string of the molecule is CC1CCc2c(-c3ccccc3)[nH]c3cccc1c23. The second kappa shape index (κ2) is 3.99. The maximum atomic E-state index is 3.63. The Labute approximate surface area is 113 Å². The van der Waals surface area contributed by atoms with Crippen molar-refractivity contribution in [2.75, 3.05) is 0 Å². The third kappa shape index (κ3) is 1.54. The van der Waals surface area contributed by atoms with Gasteiger partial charge < -0.3 is 4.98 Å². The molecule has 1 aromatic heterocycles. The molecule has 0 aliphatic heterocycles. The predicted molar refractivity (Wildman–Crippen MR) is 80.5 cm³/mol. The van der Waals surface area contributed by atoms with Gasteiger partial charge in [-0.15, -0.1) is 0 Å². The molecule has 94 valence electrons. The molecule has 1 heterocycles. The summed E-state index contributed by atoms with van der Waals surface area (Å²) in [5.74, 6) is 0.677. The normalized spacial score (nSPS) is 17.8. The van der Waals surface area contributed by atoms with Crippen molar-refractivity contribution in [3.8, 4) is 11.3 Å². The molecule has 0 spiro atoms. The van der Waals surface area contributed by atoms with Crippen LogP contribution in [0.3, 0.4) is 0 Å². The van der Waals surface area contributed by atoms with Gasteiger partial charge in [-0.1, -0.05) is 49.4 Å². The van der Waals surface area contributed by atoms with Gasteiger partial charge in [-0.25, -0.2) is 0 Å². The Morgan fingerprint density at radius 1 is 1.00 bits per heavy atom. The number of H-pyrrole nitrogens is 1. The molecule has 1 unspecified atom stereocenters. The van der Waals surface area contributed by atoms with Crippen molar-refractivity contribution in [1.82, 2.24) is 4.98 Å². The van der Waals surface area contributed by atoms with Gasteiger partial charge in [0.1, 0.15) is 0 Å². The Hall–Kier alpha value is -2.02. The zero-order valence-electron chi connectivity index (χ0n) is 11.1. The van der Waals surface area contributed by atoms with Crippen LogP contribution in [0.15, 0.2) is 48.5 Å². The summed E-state index contributed by atoms with van der Waals surface area (Å²) in [4.78, 5) is 3.63. The quantitative estimate of drug-likeness (QED) is 0.630. The van der Waals surface area contributed by atoms with Crippen molar-refractivity contribution in [3.05, 3.63) is 59.7 Å². The summed E-state index contributed by atoms with van der Waals surface area (Å²) < 4.78 is 0. The van der Waals surface area contributed by atoms with Gasteiger partial charge in [-0.05, 0) is 41.5 Å². The summed E-state index contributed by atoms with van der Waals surface area (Å²) in [5, 5.41) is 1.47. The largest absolute Gasteiger partial charge is 0.354 e. The number of nitrogens with one attached hydrogen (secondary N) is 1. The van der Waals surface area contributed by atoms with Crippen molar-refractivity contribution in [2.24, 2.45) is 0 Å². The number of aromatic amines is 1. The van der Waals surface area contributed by atoms with E-state index >= 15 is 0 Å². The molecule has 1 heteroatoms. The monoisotopic (exact) mass is 247 g/mol. The molecule has 0 saturated heterocycles. The van der Waals surface area contributed by atoms with Gasteiger partial charge in [0.05, 0.1) is 0 Å². The molecule has 0 amide bonds. The van der Waals surface area contributed by atoms with Crippen molar-refractivity contribution < 1.29 is 0 Å². The van der Waals surface area contributed by atoms with Crippen molar-refractivity contribution in [1.29, 1.82) is 0 Å². The Morgan fingerprint density at radius 3 is 2.68 bits per heavy atom. The Morgan fingerprint density at radius 2 is 1.84 bits per heavy atom. The number of hydrogen-bond donors (Lipinski definition) is 1. The summed E-state index contributed by atoms with van der Waals surface area (Å²) >= 11 is 0. The van der Waals surface area contributed by atoms with E-state index < -0.39 is 0 Å². The van der Waals surface area contributed by atoms with Gasteiger partial charge in [0.15, 0.2) is 0 Å². The highest BCUT2D eigenvalue weighted by molar-refractivity contribution is 5.94. The molecule has 1 nitrogen and oxygen atoms in total. The van der Waals surface area contributed by atoms with Gasteiger partial charge in [0.2, 0.25) is 0 Å². The van der Waals surface area contributed by atoms with Crippen LogP contribution in [0.25, 0.3) is 22.2 Å². The lowest BCUT2D eigenvalue weighted by molar-refractivity contribution is 0.672. The molecule has 19 heavy (non-hydrogen) atoms. The molecule has 0 radical (unpaired) electrons. The van der Waals surface area contributed by atoms with E-state index in [2.05, 4.69) is 60.4 Å². The molecule has 0 bridgehead atoms. The lowest BCUT2D eigenvalue weighted by Crippen LogP contribution is -2.04. The van der Waals surface area contributed by atoms with Gasteiger partial charge >= 0.3 is 0 Å². The van der Waals surface area contributed by atoms with Gasteiger partial charge in [0, 0.05) is 16.6 Å². The van der Waals surface area contributed by atoms with Crippen LogP contribution >= 0.6 is 0 Å². The highest BCUT2D eigenvalue weighted by Crippen LogP contribution is 2.41. The maximum absolute atomic E-state index is 3.63. The minimum atomic E-state index is 0.677. The van der Waals surface area contributed by atoms with Crippen molar-refractivity contribution in [3.63, 3.8) is 0 Å². The first-order valence-electron chi connectivity index (χ1n) is 7.03. The van der Waals surface area contributed by atoms with E-state index in [1.807, 2.05) is 0 Å². The van der Waals surface area contributed by atoms with E-state index in [4.69, 9.17) is 0 Å². The number of aryl methyl sites for hydroxylation is 1. The third-order valence-corrected chi connectivity index (χ3v) is 4.38. The van der Waals surface area contributed by atoms with Crippen molar-refractivity contribution >= 4 is 10.9 Å². The predicted octanol–water partition coefficient (Wildman–Crippen LogP) is 4.88. The lowest BCUT2D eigenvalue weighted by Gasteiger charge is -2.20. The van der Waals surface area contributed by atoms with Crippen LogP contribution in [0.5, 0.6) is 0 Å². The highest BCUT2D eigenvalue weighted by Gasteiger charge is 2.22. The van der Waals surface area contributed by atoms with E-state index in [1.54, 1.807) is 0 Å². The van der Waals surface area contributed by atoms with Crippen molar-refractivity contribution in [2.45, 2.75) is 25.7 Å². The topological polar surface area (TPSA) is 15.8 Å². The average Bonchev–Trinajstić information content (AvgIpc) is 2.84. The molecule has 1 atom stereocenters. The van der Waals surface area contributed by atoms with E-state index in [9.17, 15) is 0 Å². The second-order valence-corrected chi connectivity index (χ2v) is 5.55. The molecule has 4 rings (SSSR count). The van der Waals surface area contributed by atoms with Gasteiger partial charge in [0.25, 0.3) is 0 Å². The van der Waals surface area contributed by atoms with E-state index in [1.165, 1.54) is 46.1 Å². The first kappa shape index (κ1) is 10.9. The highest BCUT2D eigenvalue weighted by atomic mass is 14.7. The molecule has 1 aliphatic rings. The Bertz CT molecular complexity index is 737. The Kier molecular flexibility index (Phi) is 2.28. The fraction of sp³-hybridized carbons (Fsp3) is 0.222. The molecule has 0 fully saturated rings. The van der Waals surface area contributed by atoms with E-state index in [-0.39, 0.29) is 0 Å². The Balaban J connectivity index is 2.05. The minimum absolute atomic E-state index is 0.677. The minimum Gasteiger partial charge on any atom is -0.354 e. The smallest absolute Gasteiger partial charge is 0.0497 e. The number of hydrogen-bond acceptors (Lipinski definition) is 0. The summed E-state index contributed by atoms with van der Waals surface area (Å²) in [6.45, 7) is 2.34. The van der Waals surface area contributed by atoms with Crippen LogP contribution in [0.1, 0.15) is 30.4 Å². The van der Waals surface area contributed by atoms with Crippen LogP contribution in [0.2, 0.25) is 0 Å². The third-order valence-electron chi connectivity index (χ3n) is 4.38. The van der Waals surface area contributed by atoms with E-state index in [0.29, 0.717) is 5.92 Å². The molecule has 3 aromatic rings. The number of rotatable bonds is 1. The van der Waals surface area contributed by atoms with Crippen LogP contribution in [-0.2, 0) is 6.42 Å². The maximum Gasteiger partial charge on any atom is 0.0497 e. The molecular weight excluding hydrogens is 230 g/mol. The first-order chi connectivity index (χ1) is 9.34. The second-order valence-electron chi connectivity index (χ2n) is 5.55. The van der Waals surface area contributed by atoms with E-state index in [0.717, 1.165) is 0 Å². The summed E-state index contributed by atoms with van der Waals surface area (Å²) in [6.07, 6.45) is 2.44. The summed E-state index contributed by atoms with van der Waals surface area (Å²) in [7, 11) is 0. The zero-order chi connectivity index (χ0) is 12.8. The fourth-order valence-electron chi connectivity index (χ4n) is 3.37. The summed E-state index contributed by atoms with van der Waals surface area (Å²) in [5.41, 5.74) is 6.93.